The molecule has 6 heteroatoms. The van der Waals surface area contributed by atoms with Gasteiger partial charge in [-0.3, -0.25) is 0 Å². The predicted octanol–water partition coefficient (Wildman–Crippen LogP) is 2.74. The lowest BCUT2D eigenvalue weighted by molar-refractivity contribution is -0.00294. The summed E-state index contributed by atoms with van der Waals surface area (Å²) in [6, 6.07) is 3.67. The van der Waals surface area contributed by atoms with Gasteiger partial charge in [0.1, 0.15) is 5.75 Å². The molecule has 1 saturated heterocycles. The van der Waals surface area contributed by atoms with Crippen LogP contribution in [0.25, 0.3) is 0 Å². The first-order valence-corrected chi connectivity index (χ1v) is 7.63. The topological polar surface area (TPSA) is 76.1 Å². The van der Waals surface area contributed by atoms with Crippen LogP contribution in [0.3, 0.4) is 0 Å². The Morgan fingerprint density at radius 3 is 2.61 bits per heavy atom. The van der Waals surface area contributed by atoms with E-state index in [-0.39, 0.29) is 12.0 Å². The summed E-state index contributed by atoms with van der Waals surface area (Å²) in [6.07, 6.45) is -0.510. The summed E-state index contributed by atoms with van der Waals surface area (Å²) in [6.45, 7) is 6.58. The van der Waals surface area contributed by atoms with Crippen LogP contribution in [0, 0.1) is 0 Å². The van der Waals surface area contributed by atoms with E-state index in [1.165, 1.54) is 4.90 Å². The minimum atomic E-state index is -0.990. The zero-order valence-electron chi connectivity index (χ0n) is 13.8. The molecule has 2 aliphatic heterocycles. The highest BCUT2D eigenvalue weighted by atomic mass is 16.6. The van der Waals surface area contributed by atoms with E-state index in [1.54, 1.807) is 7.11 Å². The number of nitrogens with zero attached hydrogens (tertiary/aromatic N) is 1. The number of methoxy groups -OCH3 is 1. The van der Waals surface area contributed by atoms with Crippen LogP contribution >= 0.6 is 0 Å². The van der Waals surface area contributed by atoms with Crippen LogP contribution < -0.4 is 4.74 Å². The van der Waals surface area contributed by atoms with E-state index in [0.717, 1.165) is 11.1 Å². The number of likely N-dealkylation sites (tertiary alicyclic amines) is 1. The van der Waals surface area contributed by atoms with E-state index in [4.69, 9.17) is 9.47 Å². The molecule has 124 valence electrons. The Bertz CT molecular complexity index is 691. The number of hydrogen-bond donors (Lipinski definition) is 1. The van der Waals surface area contributed by atoms with Gasteiger partial charge in [0.05, 0.1) is 19.2 Å². The fourth-order valence-electron chi connectivity index (χ4n) is 3.62. The number of carbonyl (C=O) groups is 2. The summed E-state index contributed by atoms with van der Waals surface area (Å²) in [4.78, 5) is 25.1. The van der Waals surface area contributed by atoms with Crippen molar-refractivity contribution in [2.24, 2.45) is 0 Å². The van der Waals surface area contributed by atoms with Crippen molar-refractivity contribution in [3.05, 3.63) is 28.8 Å². The van der Waals surface area contributed by atoms with Crippen LogP contribution in [0.2, 0.25) is 0 Å². The SMILES string of the molecule is COc1ccc2c(c1C(C)(C)C)C(=O)OC21CCN(C(=O)O)C1. The van der Waals surface area contributed by atoms with Crippen LogP contribution in [-0.2, 0) is 15.8 Å². The average Bonchev–Trinajstić information content (AvgIpc) is 3.00. The molecule has 0 radical (unpaired) electrons. The lowest BCUT2D eigenvalue weighted by Crippen LogP contribution is -2.33. The molecule has 1 spiro atoms. The number of fused-ring (bicyclic) bond motifs is 2. The number of esters is 1. The predicted molar refractivity (Wildman–Crippen MR) is 83.0 cm³/mol. The van der Waals surface area contributed by atoms with Crippen molar-refractivity contribution in [2.75, 3.05) is 20.2 Å². The monoisotopic (exact) mass is 319 g/mol. The molecule has 0 aromatic heterocycles. The third-order valence-corrected chi connectivity index (χ3v) is 4.62. The minimum Gasteiger partial charge on any atom is -0.496 e. The summed E-state index contributed by atoms with van der Waals surface area (Å²) >= 11 is 0. The molecule has 1 amide bonds. The summed E-state index contributed by atoms with van der Waals surface area (Å²) in [5.74, 6) is 0.259. The molecule has 6 nitrogen and oxygen atoms in total. The van der Waals surface area contributed by atoms with Crippen molar-refractivity contribution >= 4 is 12.1 Å². The standard InChI is InChI=1S/C17H21NO5/c1-16(2,3)13-11(22-4)6-5-10-12(13)14(19)23-17(10)7-8-18(9-17)15(20)21/h5-6H,7-9H2,1-4H3,(H,20,21). The second kappa shape index (κ2) is 4.88. The highest BCUT2D eigenvalue weighted by molar-refractivity contribution is 5.98. The van der Waals surface area contributed by atoms with E-state index in [2.05, 4.69) is 0 Å². The number of carbonyl (C=O) groups excluding carboxylic acids is 1. The van der Waals surface area contributed by atoms with Crippen molar-refractivity contribution in [3.8, 4) is 5.75 Å². The highest BCUT2D eigenvalue weighted by Crippen LogP contribution is 2.48. The molecular formula is C17H21NO5. The second-order valence-electron chi connectivity index (χ2n) is 7.15. The Kier molecular flexibility index (Phi) is 3.32. The molecular weight excluding hydrogens is 298 g/mol. The molecule has 1 fully saturated rings. The van der Waals surface area contributed by atoms with Crippen LogP contribution in [-0.4, -0.2) is 42.3 Å². The molecule has 1 N–H and O–H groups in total. The normalized spacial score (nSPS) is 23.1. The molecule has 1 unspecified atom stereocenters. The first-order chi connectivity index (χ1) is 10.7. The average molecular weight is 319 g/mol. The first kappa shape index (κ1) is 15.6. The van der Waals surface area contributed by atoms with E-state index in [9.17, 15) is 14.7 Å². The van der Waals surface area contributed by atoms with Crippen molar-refractivity contribution < 1.29 is 24.2 Å². The van der Waals surface area contributed by atoms with Crippen LogP contribution in [0.1, 0.15) is 48.7 Å². The Balaban J connectivity index is 2.17. The number of carboxylic acid groups (broad SMARTS) is 1. The molecule has 23 heavy (non-hydrogen) atoms. The van der Waals surface area contributed by atoms with E-state index >= 15 is 0 Å². The summed E-state index contributed by atoms with van der Waals surface area (Å²) in [7, 11) is 1.58. The van der Waals surface area contributed by atoms with Gasteiger partial charge < -0.3 is 19.5 Å². The number of hydrogen-bond acceptors (Lipinski definition) is 4. The van der Waals surface area contributed by atoms with Crippen molar-refractivity contribution in [3.63, 3.8) is 0 Å². The maximum Gasteiger partial charge on any atom is 0.407 e. The van der Waals surface area contributed by atoms with Crippen molar-refractivity contribution in [1.82, 2.24) is 4.90 Å². The maximum absolute atomic E-state index is 12.6. The zero-order chi connectivity index (χ0) is 17.0. The van der Waals surface area contributed by atoms with Gasteiger partial charge in [0.2, 0.25) is 0 Å². The highest BCUT2D eigenvalue weighted by Gasteiger charge is 2.53. The number of benzene rings is 1. The number of ether oxygens (including phenoxy) is 2. The lowest BCUT2D eigenvalue weighted by Gasteiger charge is -2.26. The molecule has 0 bridgehead atoms. The second-order valence-corrected chi connectivity index (χ2v) is 7.15. The summed E-state index contributed by atoms with van der Waals surface area (Å²) < 4.78 is 11.1. The van der Waals surface area contributed by atoms with Crippen LogP contribution in [0.5, 0.6) is 5.75 Å². The zero-order valence-corrected chi connectivity index (χ0v) is 13.8. The Labute approximate surface area is 135 Å². The Morgan fingerprint density at radius 1 is 1.39 bits per heavy atom. The van der Waals surface area contributed by atoms with Gasteiger partial charge in [-0.25, -0.2) is 9.59 Å². The molecule has 0 saturated carbocycles. The van der Waals surface area contributed by atoms with Gasteiger partial charge in [0, 0.05) is 24.1 Å². The van der Waals surface area contributed by atoms with E-state index in [0.29, 0.717) is 24.3 Å². The molecule has 2 heterocycles. The van der Waals surface area contributed by atoms with Crippen molar-refractivity contribution in [2.45, 2.75) is 38.2 Å². The molecule has 0 aliphatic carbocycles. The number of rotatable bonds is 1. The largest absolute Gasteiger partial charge is 0.496 e. The van der Waals surface area contributed by atoms with Crippen molar-refractivity contribution in [1.29, 1.82) is 0 Å². The third kappa shape index (κ3) is 2.24. The summed E-state index contributed by atoms with van der Waals surface area (Å²) in [5.41, 5.74) is 0.956. The minimum absolute atomic E-state index is 0.178. The first-order valence-electron chi connectivity index (χ1n) is 7.63. The fourth-order valence-corrected chi connectivity index (χ4v) is 3.62. The molecule has 2 aliphatic rings. The molecule has 1 aromatic carbocycles. The molecule has 1 aromatic rings. The van der Waals surface area contributed by atoms with Crippen LogP contribution in [0.15, 0.2) is 12.1 Å². The maximum atomic E-state index is 12.6. The van der Waals surface area contributed by atoms with Crippen LogP contribution in [0.4, 0.5) is 4.79 Å². The molecule has 1 atom stereocenters. The van der Waals surface area contributed by atoms with Gasteiger partial charge in [-0.2, -0.15) is 0 Å². The van der Waals surface area contributed by atoms with Gasteiger partial charge in [0.15, 0.2) is 5.60 Å². The fraction of sp³-hybridized carbons (Fsp3) is 0.529. The van der Waals surface area contributed by atoms with Gasteiger partial charge in [0.25, 0.3) is 0 Å². The lowest BCUT2D eigenvalue weighted by atomic mass is 9.79. The quantitative estimate of drug-likeness (QED) is 0.806. The van der Waals surface area contributed by atoms with E-state index < -0.39 is 17.7 Å². The third-order valence-electron chi connectivity index (χ3n) is 4.62. The molecule has 3 rings (SSSR count). The summed E-state index contributed by atoms with van der Waals surface area (Å²) in [5, 5.41) is 9.20. The Morgan fingerprint density at radius 2 is 2.09 bits per heavy atom. The van der Waals surface area contributed by atoms with Gasteiger partial charge in [-0.15, -0.1) is 0 Å². The van der Waals surface area contributed by atoms with E-state index in [1.807, 2.05) is 32.9 Å². The van der Waals surface area contributed by atoms with Gasteiger partial charge >= 0.3 is 12.1 Å². The Hall–Kier alpha value is -2.24. The van der Waals surface area contributed by atoms with Gasteiger partial charge in [-0.1, -0.05) is 26.8 Å². The smallest absolute Gasteiger partial charge is 0.407 e. The van der Waals surface area contributed by atoms with Gasteiger partial charge in [-0.05, 0) is 11.5 Å². The number of amides is 1.